The van der Waals surface area contributed by atoms with Crippen molar-refractivity contribution in [3.05, 3.63) is 45.4 Å². The van der Waals surface area contributed by atoms with Crippen LogP contribution < -0.4 is 15.4 Å². The Morgan fingerprint density at radius 2 is 2.12 bits per heavy atom. The van der Waals surface area contributed by atoms with Gasteiger partial charge < -0.3 is 15.4 Å². The minimum Gasteiger partial charge on any atom is -0.490 e. The molecule has 2 N–H and O–H groups in total. The molecule has 0 bridgehead atoms. The van der Waals surface area contributed by atoms with Crippen LogP contribution in [-0.4, -0.2) is 30.6 Å². The fraction of sp³-hybridized carbons (Fsp3) is 0.412. The third-order valence-corrected chi connectivity index (χ3v) is 4.59. The normalized spacial score (nSPS) is 11.4. The Morgan fingerprint density at radius 3 is 2.83 bits per heavy atom. The summed E-state index contributed by atoms with van der Waals surface area (Å²) >= 11 is 7.77. The van der Waals surface area contributed by atoms with Gasteiger partial charge in [0.15, 0.2) is 5.96 Å². The summed E-state index contributed by atoms with van der Waals surface area (Å²) in [7, 11) is 0. The number of nitrogens with zero attached hydrogens (tertiary/aromatic N) is 2. The van der Waals surface area contributed by atoms with Gasteiger partial charge in [-0.05, 0) is 25.5 Å². The number of hydrogen-bond donors (Lipinski definition) is 2. The Labute approximate surface area is 152 Å². The van der Waals surface area contributed by atoms with Crippen LogP contribution in [0.4, 0.5) is 0 Å². The summed E-state index contributed by atoms with van der Waals surface area (Å²) in [6.07, 6.45) is 2.94. The molecule has 24 heavy (non-hydrogen) atoms. The SMILES string of the molecule is CCNC(=NCc1ncc(CC)s1)NCCOc1ccccc1Cl. The minimum atomic E-state index is 0.505. The molecule has 0 saturated heterocycles. The molecule has 0 unspecified atom stereocenters. The molecular formula is C17H23ClN4OS. The van der Waals surface area contributed by atoms with Gasteiger partial charge in [-0.1, -0.05) is 30.7 Å². The molecule has 0 aliphatic carbocycles. The minimum absolute atomic E-state index is 0.505. The van der Waals surface area contributed by atoms with Crippen LogP contribution >= 0.6 is 22.9 Å². The average molecular weight is 367 g/mol. The summed E-state index contributed by atoms with van der Waals surface area (Å²) in [5.41, 5.74) is 0. The number of ether oxygens (including phenoxy) is 1. The van der Waals surface area contributed by atoms with Gasteiger partial charge in [0.1, 0.15) is 17.4 Å². The number of aromatic nitrogens is 1. The maximum Gasteiger partial charge on any atom is 0.191 e. The number of aliphatic imine (C=N–C) groups is 1. The lowest BCUT2D eigenvalue weighted by atomic mass is 10.3. The predicted octanol–water partition coefficient (Wildman–Crippen LogP) is 3.49. The van der Waals surface area contributed by atoms with E-state index in [9.17, 15) is 0 Å². The monoisotopic (exact) mass is 366 g/mol. The smallest absolute Gasteiger partial charge is 0.191 e. The Kier molecular flexibility index (Phi) is 7.85. The average Bonchev–Trinajstić information content (AvgIpc) is 3.06. The van der Waals surface area contributed by atoms with Crippen molar-refractivity contribution < 1.29 is 4.74 Å². The van der Waals surface area contributed by atoms with E-state index >= 15 is 0 Å². The topological polar surface area (TPSA) is 58.5 Å². The van der Waals surface area contributed by atoms with Crippen molar-refractivity contribution in [1.29, 1.82) is 0 Å². The summed E-state index contributed by atoms with van der Waals surface area (Å²) in [6, 6.07) is 7.45. The van der Waals surface area contributed by atoms with Gasteiger partial charge in [-0.25, -0.2) is 9.98 Å². The summed E-state index contributed by atoms with van der Waals surface area (Å²) in [5.74, 6) is 1.45. The number of rotatable bonds is 8. The van der Waals surface area contributed by atoms with Crippen molar-refractivity contribution in [2.75, 3.05) is 19.7 Å². The summed E-state index contributed by atoms with van der Waals surface area (Å²) in [6.45, 7) is 6.68. The summed E-state index contributed by atoms with van der Waals surface area (Å²) < 4.78 is 5.66. The van der Waals surface area contributed by atoms with E-state index in [-0.39, 0.29) is 0 Å². The lowest BCUT2D eigenvalue weighted by Gasteiger charge is -2.12. The van der Waals surface area contributed by atoms with Crippen molar-refractivity contribution in [3.63, 3.8) is 0 Å². The molecule has 2 aromatic rings. The zero-order valence-electron chi connectivity index (χ0n) is 14.0. The fourth-order valence-corrected chi connectivity index (χ4v) is 2.94. The molecule has 0 saturated carbocycles. The molecule has 1 aromatic carbocycles. The molecule has 0 radical (unpaired) electrons. The molecule has 0 spiro atoms. The second-order valence-corrected chi connectivity index (χ2v) is 6.58. The zero-order valence-corrected chi connectivity index (χ0v) is 15.6. The number of aryl methyl sites for hydroxylation is 1. The number of nitrogens with one attached hydrogen (secondary N) is 2. The Balaban J connectivity index is 1.80. The van der Waals surface area contributed by atoms with Crippen LogP contribution in [-0.2, 0) is 13.0 Å². The Bertz CT molecular complexity index is 660. The van der Waals surface area contributed by atoms with Gasteiger partial charge >= 0.3 is 0 Å². The van der Waals surface area contributed by atoms with E-state index in [2.05, 4.69) is 27.5 Å². The van der Waals surface area contributed by atoms with Gasteiger partial charge in [-0.15, -0.1) is 11.3 Å². The molecule has 0 atom stereocenters. The number of hydrogen-bond acceptors (Lipinski definition) is 4. The van der Waals surface area contributed by atoms with E-state index in [1.807, 2.05) is 37.4 Å². The van der Waals surface area contributed by atoms with E-state index in [0.29, 0.717) is 30.5 Å². The van der Waals surface area contributed by atoms with Crippen molar-refractivity contribution in [2.45, 2.75) is 26.8 Å². The molecule has 0 amide bonds. The maximum absolute atomic E-state index is 6.06. The first-order valence-electron chi connectivity index (χ1n) is 8.06. The van der Waals surface area contributed by atoms with Crippen molar-refractivity contribution in [3.8, 4) is 5.75 Å². The molecule has 130 valence electrons. The van der Waals surface area contributed by atoms with Gasteiger partial charge in [0, 0.05) is 17.6 Å². The first-order chi connectivity index (χ1) is 11.7. The van der Waals surface area contributed by atoms with E-state index < -0.39 is 0 Å². The standard InChI is InChI=1S/C17H23ClN4OS/c1-3-13-11-21-16(24-13)12-22-17(19-4-2)20-9-10-23-15-8-6-5-7-14(15)18/h5-8,11H,3-4,9-10,12H2,1-2H3,(H2,19,20,22). The van der Waals surface area contributed by atoms with Crippen LogP contribution in [0.5, 0.6) is 5.75 Å². The highest BCUT2D eigenvalue weighted by Crippen LogP contribution is 2.22. The summed E-state index contributed by atoms with van der Waals surface area (Å²) in [4.78, 5) is 10.2. The number of benzene rings is 1. The zero-order chi connectivity index (χ0) is 17.2. The maximum atomic E-state index is 6.06. The largest absolute Gasteiger partial charge is 0.490 e. The lowest BCUT2D eigenvalue weighted by molar-refractivity contribution is 0.322. The van der Waals surface area contributed by atoms with Crippen LogP contribution in [0.1, 0.15) is 23.7 Å². The molecule has 7 heteroatoms. The summed E-state index contributed by atoms with van der Waals surface area (Å²) in [5, 5.41) is 8.11. The Hall–Kier alpha value is -1.79. The van der Waals surface area contributed by atoms with Crippen LogP contribution in [0, 0.1) is 0 Å². The number of halogens is 1. The first kappa shape index (κ1) is 18.5. The number of thiazole rings is 1. The number of para-hydroxylation sites is 1. The molecule has 0 aliphatic heterocycles. The quantitative estimate of drug-likeness (QED) is 0.426. The Morgan fingerprint density at radius 1 is 1.29 bits per heavy atom. The molecule has 1 aromatic heterocycles. The van der Waals surface area contributed by atoms with Gasteiger partial charge in [-0.3, -0.25) is 0 Å². The van der Waals surface area contributed by atoms with Crippen LogP contribution in [0.15, 0.2) is 35.5 Å². The number of guanidine groups is 1. The molecule has 1 heterocycles. The molecular weight excluding hydrogens is 344 g/mol. The van der Waals surface area contributed by atoms with Crippen molar-refractivity contribution in [2.24, 2.45) is 4.99 Å². The van der Waals surface area contributed by atoms with Gasteiger partial charge in [0.05, 0.1) is 18.1 Å². The molecule has 0 aliphatic rings. The highest BCUT2D eigenvalue weighted by molar-refractivity contribution is 7.11. The second-order valence-electron chi connectivity index (χ2n) is 4.97. The second kappa shape index (κ2) is 10.2. The van der Waals surface area contributed by atoms with E-state index in [0.717, 1.165) is 23.9 Å². The highest BCUT2D eigenvalue weighted by atomic mass is 35.5. The third kappa shape index (κ3) is 6.02. The van der Waals surface area contributed by atoms with Crippen LogP contribution in [0.3, 0.4) is 0 Å². The van der Waals surface area contributed by atoms with E-state index in [1.165, 1.54) is 4.88 Å². The van der Waals surface area contributed by atoms with Crippen LogP contribution in [0.25, 0.3) is 0 Å². The molecule has 5 nitrogen and oxygen atoms in total. The third-order valence-electron chi connectivity index (χ3n) is 3.16. The van der Waals surface area contributed by atoms with Gasteiger partial charge in [0.2, 0.25) is 0 Å². The van der Waals surface area contributed by atoms with E-state index in [4.69, 9.17) is 16.3 Å². The van der Waals surface area contributed by atoms with Gasteiger partial charge in [-0.2, -0.15) is 0 Å². The molecule has 0 fully saturated rings. The van der Waals surface area contributed by atoms with Crippen molar-refractivity contribution in [1.82, 2.24) is 15.6 Å². The van der Waals surface area contributed by atoms with Gasteiger partial charge in [0.25, 0.3) is 0 Å². The fourth-order valence-electron chi connectivity index (χ4n) is 1.97. The molecule has 2 rings (SSSR count). The van der Waals surface area contributed by atoms with E-state index in [1.54, 1.807) is 11.3 Å². The van der Waals surface area contributed by atoms with Crippen molar-refractivity contribution >= 4 is 28.9 Å². The highest BCUT2D eigenvalue weighted by Gasteiger charge is 2.03. The first-order valence-corrected chi connectivity index (χ1v) is 9.25. The lowest BCUT2D eigenvalue weighted by Crippen LogP contribution is -2.39. The van der Waals surface area contributed by atoms with Crippen LogP contribution in [0.2, 0.25) is 5.02 Å². The predicted molar refractivity (Wildman–Crippen MR) is 101 cm³/mol.